The van der Waals surface area contributed by atoms with Crippen molar-refractivity contribution in [1.82, 2.24) is 15.2 Å². The fourth-order valence-electron chi connectivity index (χ4n) is 4.27. The van der Waals surface area contributed by atoms with Crippen LogP contribution < -0.4 is 10.9 Å². The Hall–Kier alpha value is -1.25. The summed E-state index contributed by atoms with van der Waals surface area (Å²) in [5.41, 5.74) is 9.92. The number of rotatable bonds is 3. The van der Waals surface area contributed by atoms with Crippen LogP contribution in [0.1, 0.15) is 46.3 Å². The molecule has 0 aliphatic carbocycles. The van der Waals surface area contributed by atoms with Crippen LogP contribution in [-0.2, 0) is 23.0 Å². The topological polar surface area (TPSA) is 61.4 Å². The Morgan fingerprint density at radius 3 is 2.44 bits per heavy atom. The lowest BCUT2D eigenvalue weighted by Crippen LogP contribution is -2.37. The normalized spacial score (nSPS) is 26.3. The predicted molar refractivity (Wildman–Crippen MR) is 109 cm³/mol. The van der Waals surface area contributed by atoms with Crippen LogP contribution >= 0.6 is 11.3 Å². The van der Waals surface area contributed by atoms with Gasteiger partial charge >= 0.3 is 0 Å². The lowest BCUT2D eigenvalue weighted by Gasteiger charge is -2.29. The molecule has 3 atom stereocenters. The van der Waals surface area contributed by atoms with Gasteiger partial charge in [0.25, 0.3) is 0 Å². The quantitative estimate of drug-likeness (QED) is 0.823. The smallest absolute Gasteiger partial charge is 0.244 e. The van der Waals surface area contributed by atoms with E-state index in [4.69, 9.17) is 0 Å². The molecule has 2 N–H and O–H groups in total. The zero-order valence-corrected chi connectivity index (χ0v) is 17.9. The third-order valence-corrected chi connectivity index (χ3v) is 9.23. The van der Waals surface area contributed by atoms with Crippen LogP contribution in [-0.4, -0.2) is 25.3 Å². The van der Waals surface area contributed by atoms with Gasteiger partial charge < -0.3 is 0 Å². The number of aryl methyl sites for hydroxylation is 2. The van der Waals surface area contributed by atoms with Gasteiger partial charge in [-0.2, -0.15) is 4.31 Å². The zero-order chi connectivity index (χ0) is 19.3. The van der Waals surface area contributed by atoms with E-state index >= 15 is 0 Å². The molecule has 5 nitrogen and oxygen atoms in total. The Morgan fingerprint density at radius 1 is 1.07 bits per heavy atom. The van der Waals surface area contributed by atoms with Gasteiger partial charge in [-0.1, -0.05) is 31.2 Å². The molecule has 7 heteroatoms. The van der Waals surface area contributed by atoms with E-state index in [1.54, 1.807) is 15.6 Å². The Balaban J connectivity index is 1.75. The molecule has 2 aliphatic heterocycles. The van der Waals surface area contributed by atoms with Crippen molar-refractivity contribution >= 4 is 21.4 Å². The average molecular weight is 406 g/mol. The first-order valence-electron chi connectivity index (χ1n) is 9.48. The molecule has 2 aliphatic rings. The van der Waals surface area contributed by atoms with Gasteiger partial charge in [-0.15, -0.1) is 11.3 Å². The number of thiophene rings is 1. The van der Waals surface area contributed by atoms with Gasteiger partial charge in [-0.25, -0.2) is 13.8 Å². The molecule has 0 bridgehead atoms. The Morgan fingerprint density at radius 2 is 1.78 bits per heavy atom. The zero-order valence-electron chi connectivity index (χ0n) is 16.2. The number of benzene rings is 1. The first-order chi connectivity index (χ1) is 12.8. The molecule has 3 unspecified atom stereocenters. The molecule has 3 heterocycles. The molecule has 1 aromatic heterocycles. The van der Waals surface area contributed by atoms with Crippen molar-refractivity contribution in [3.05, 3.63) is 50.7 Å². The van der Waals surface area contributed by atoms with Crippen molar-refractivity contribution < 1.29 is 8.42 Å². The van der Waals surface area contributed by atoms with Crippen LogP contribution in [0.4, 0.5) is 0 Å². The summed E-state index contributed by atoms with van der Waals surface area (Å²) in [5, 5.41) is 0. The summed E-state index contributed by atoms with van der Waals surface area (Å²) in [6.07, 6.45) is 0.767. The van der Waals surface area contributed by atoms with E-state index in [-0.39, 0.29) is 6.04 Å². The number of nitrogens with zero attached hydrogens (tertiary/aromatic N) is 1. The Bertz CT molecular complexity index is 968. The third kappa shape index (κ3) is 3.15. The van der Waals surface area contributed by atoms with Crippen molar-refractivity contribution in [2.24, 2.45) is 5.92 Å². The molecule has 146 valence electrons. The lowest BCUT2D eigenvalue weighted by molar-refractivity contribution is 0.389. The molecule has 1 fully saturated rings. The highest BCUT2D eigenvalue weighted by Crippen LogP contribution is 2.42. The molecular formula is C20H27N3O2S2. The number of fused-ring (bicyclic) bond motifs is 1. The van der Waals surface area contributed by atoms with Gasteiger partial charge in [0, 0.05) is 34.4 Å². The number of nitrogens with one attached hydrogen (secondary N) is 2. The summed E-state index contributed by atoms with van der Waals surface area (Å²) in [5.74, 6) is 0.314. The van der Waals surface area contributed by atoms with Crippen molar-refractivity contribution in [3.8, 4) is 0 Å². The van der Waals surface area contributed by atoms with Crippen molar-refractivity contribution in [2.45, 2.75) is 57.6 Å². The summed E-state index contributed by atoms with van der Waals surface area (Å²) in [4.78, 5) is 2.49. The minimum absolute atomic E-state index is 0.00630. The molecule has 27 heavy (non-hydrogen) atoms. The van der Waals surface area contributed by atoms with Crippen molar-refractivity contribution in [3.63, 3.8) is 0 Å². The first kappa shape index (κ1) is 19.1. The second kappa shape index (κ2) is 6.97. The molecule has 0 spiro atoms. The van der Waals surface area contributed by atoms with Crippen LogP contribution in [0.3, 0.4) is 0 Å². The fraction of sp³-hybridized carbons (Fsp3) is 0.500. The van der Waals surface area contributed by atoms with E-state index in [2.05, 4.69) is 30.8 Å². The van der Waals surface area contributed by atoms with Gasteiger partial charge in [-0.05, 0) is 44.2 Å². The van der Waals surface area contributed by atoms with E-state index in [9.17, 15) is 8.42 Å². The van der Waals surface area contributed by atoms with Crippen molar-refractivity contribution in [1.29, 1.82) is 0 Å². The summed E-state index contributed by atoms with van der Waals surface area (Å²) in [6, 6.07) is 8.45. The van der Waals surface area contributed by atoms with E-state index in [0.29, 0.717) is 29.9 Å². The molecular weight excluding hydrogens is 378 g/mol. The van der Waals surface area contributed by atoms with Gasteiger partial charge in [0.15, 0.2) is 0 Å². The maximum absolute atomic E-state index is 13.7. The van der Waals surface area contributed by atoms with Crippen LogP contribution in [0.15, 0.2) is 29.2 Å². The molecule has 0 saturated carbocycles. The second-order valence-electron chi connectivity index (χ2n) is 7.73. The standard InChI is InChI=1S/C20H27N3O2S2/c1-12-13(2)21-22-19(12)18-14(3)26-15(4)20(18)27(24,25)23-10-9-16-7-5-6-8-17(16)11-23/h5-8,12-13,19,21-22H,9-11H2,1-4H3. The Kier molecular flexibility index (Phi) is 4.93. The van der Waals surface area contributed by atoms with Gasteiger partial charge in [0.2, 0.25) is 10.0 Å². The minimum Gasteiger partial charge on any atom is -0.254 e. The van der Waals surface area contributed by atoms with Crippen LogP contribution in [0.5, 0.6) is 0 Å². The van der Waals surface area contributed by atoms with Gasteiger partial charge in [0.1, 0.15) is 4.90 Å². The average Bonchev–Trinajstić information content (AvgIpc) is 3.13. The summed E-state index contributed by atoms with van der Waals surface area (Å²) in [6.45, 7) is 9.26. The van der Waals surface area contributed by atoms with Crippen molar-refractivity contribution in [2.75, 3.05) is 6.54 Å². The van der Waals surface area contributed by atoms with E-state index in [0.717, 1.165) is 27.3 Å². The molecule has 4 rings (SSSR count). The lowest BCUT2D eigenvalue weighted by atomic mass is 9.92. The highest BCUT2D eigenvalue weighted by atomic mass is 32.2. The highest BCUT2D eigenvalue weighted by Gasteiger charge is 2.39. The monoisotopic (exact) mass is 405 g/mol. The number of hydrazine groups is 1. The maximum atomic E-state index is 13.7. The minimum atomic E-state index is -3.55. The second-order valence-corrected chi connectivity index (χ2v) is 11.0. The van der Waals surface area contributed by atoms with Crippen LogP contribution in [0, 0.1) is 19.8 Å². The van der Waals surface area contributed by atoms with E-state index in [1.807, 2.05) is 32.0 Å². The van der Waals surface area contributed by atoms with Gasteiger partial charge in [0.05, 0.1) is 6.04 Å². The summed E-state index contributed by atoms with van der Waals surface area (Å²) in [7, 11) is -3.55. The van der Waals surface area contributed by atoms with E-state index < -0.39 is 10.0 Å². The molecule has 1 saturated heterocycles. The summed E-state index contributed by atoms with van der Waals surface area (Å²) >= 11 is 1.59. The fourth-order valence-corrected chi connectivity index (χ4v) is 7.60. The third-order valence-electron chi connectivity index (χ3n) is 6.04. The van der Waals surface area contributed by atoms with E-state index in [1.165, 1.54) is 5.56 Å². The Labute approximate surface area is 165 Å². The van der Waals surface area contributed by atoms with Gasteiger partial charge in [-0.3, -0.25) is 5.43 Å². The maximum Gasteiger partial charge on any atom is 0.244 e. The summed E-state index contributed by atoms with van der Waals surface area (Å²) < 4.78 is 29.0. The number of hydrogen-bond acceptors (Lipinski definition) is 5. The molecule has 1 aromatic carbocycles. The van der Waals surface area contributed by atoms with Crippen LogP contribution in [0.2, 0.25) is 0 Å². The first-order valence-corrected chi connectivity index (χ1v) is 11.7. The van der Waals surface area contributed by atoms with Crippen LogP contribution in [0.25, 0.3) is 0 Å². The highest BCUT2D eigenvalue weighted by molar-refractivity contribution is 7.89. The number of hydrogen-bond donors (Lipinski definition) is 2. The predicted octanol–water partition coefficient (Wildman–Crippen LogP) is 3.29. The SMILES string of the molecule is Cc1sc(C)c(S(=O)(=O)N2CCc3ccccc3C2)c1C1NNC(C)C1C. The molecule has 0 amide bonds. The largest absolute Gasteiger partial charge is 0.254 e. The molecule has 2 aromatic rings. The number of sulfonamides is 1. The molecule has 0 radical (unpaired) electrons.